The van der Waals surface area contributed by atoms with Crippen molar-refractivity contribution in [1.29, 1.82) is 0 Å². The van der Waals surface area contributed by atoms with E-state index in [0.717, 1.165) is 23.2 Å². The largest absolute Gasteiger partial charge is 0.439 e. The molecule has 4 rings (SSSR count). The Balaban J connectivity index is 1.54. The maximum Gasteiger partial charge on any atom is 0.219 e. The van der Waals surface area contributed by atoms with Crippen LogP contribution in [0.25, 0.3) is 10.8 Å². The monoisotopic (exact) mass is 319 g/mol. The van der Waals surface area contributed by atoms with Crippen molar-refractivity contribution in [2.75, 3.05) is 6.54 Å². The summed E-state index contributed by atoms with van der Waals surface area (Å²) in [7, 11) is 0. The van der Waals surface area contributed by atoms with Crippen molar-refractivity contribution in [2.45, 2.75) is 13.0 Å². The highest BCUT2D eigenvalue weighted by molar-refractivity contribution is 5.99. The molecule has 1 aliphatic rings. The molecule has 3 aromatic rings. The Bertz CT molecular complexity index is 906. The zero-order chi connectivity index (χ0) is 16.5. The molecule has 2 aromatic carbocycles. The molecule has 1 N–H and O–H groups in total. The lowest BCUT2D eigenvalue weighted by Gasteiger charge is -2.09. The lowest BCUT2D eigenvalue weighted by atomic mass is 10.1. The Kier molecular flexibility index (Phi) is 3.54. The maximum absolute atomic E-state index is 9.20. The highest BCUT2D eigenvalue weighted by Crippen LogP contribution is 2.26. The van der Waals surface area contributed by atoms with Crippen molar-refractivity contribution >= 4 is 16.6 Å². The summed E-state index contributed by atoms with van der Waals surface area (Å²) >= 11 is 0. The lowest BCUT2D eigenvalue weighted by molar-refractivity contribution is 0.313. The molecule has 0 radical (unpaired) electrons. The van der Waals surface area contributed by atoms with E-state index in [1.807, 2.05) is 47.4 Å². The molecule has 2 heterocycles. The Morgan fingerprint density at radius 2 is 1.96 bits per heavy atom. The van der Waals surface area contributed by atoms with E-state index in [4.69, 9.17) is 4.74 Å². The average molecular weight is 319 g/mol. The molecule has 1 fully saturated rings. The van der Waals surface area contributed by atoms with Crippen molar-refractivity contribution in [3.63, 3.8) is 0 Å². The first kappa shape index (κ1) is 14.5. The number of ether oxygens (including phenoxy) is 1. The van der Waals surface area contributed by atoms with Gasteiger partial charge in [0.2, 0.25) is 5.88 Å². The standard InChI is InChI=1S/C19H17N3O2/c1-13-12-22(13)19(21-23)16-7-9-18(20-11-16)24-17-8-6-14-4-2-3-5-15(14)10-17/h2-11,13,23H,12H2,1H3/b21-19-. The molecule has 0 saturated carbocycles. The third kappa shape index (κ3) is 2.76. The highest BCUT2D eigenvalue weighted by atomic mass is 16.5. The first-order valence-electron chi connectivity index (χ1n) is 7.86. The van der Waals surface area contributed by atoms with Crippen LogP contribution in [0.15, 0.2) is 65.9 Å². The molecule has 24 heavy (non-hydrogen) atoms. The highest BCUT2D eigenvalue weighted by Gasteiger charge is 2.33. The van der Waals surface area contributed by atoms with Gasteiger partial charge in [0.25, 0.3) is 0 Å². The van der Waals surface area contributed by atoms with Crippen molar-refractivity contribution in [3.05, 3.63) is 66.4 Å². The van der Waals surface area contributed by atoms with Gasteiger partial charge < -0.3 is 14.8 Å². The molecule has 0 aliphatic carbocycles. The zero-order valence-corrected chi connectivity index (χ0v) is 13.3. The second-order valence-electron chi connectivity index (χ2n) is 5.92. The summed E-state index contributed by atoms with van der Waals surface area (Å²) in [6, 6.07) is 18.1. The van der Waals surface area contributed by atoms with Gasteiger partial charge in [0.05, 0.1) is 0 Å². The van der Waals surface area contributed by atoms with Gasteiger partial charge in [-0.2, -0.15) is 0 Å². The van der Waals surface area contributed by atoms with Gasteiger partial charge in [0.15, 0.2) is 5.84 Å². The lowest BCUT2D eigenvalue weighted by Crippen LogP contribution is -2.14. The molecule has 1 unspecified atom stereocenters. The number of pyridine rings is 1. The number of hydrogen-bond donors (Lipinski definition) is 1. The van der Waals surface area contributed by atoms with Crippen LogP contribution in [-0.4, -0.2) is 33.5 Å². The molecule has 1 saturated heterocycles. The molecule has 5 nitrogen and oxygen atoms in total. The minimum absolute atomic E-state index is 0.407. The molecular formula is C19H17N3O2. The smallest absolute Gasteiger partial charge is 0.219 e. The van der Waals surface area contributed by atoms with E-state index in [0.29, 0.717) is 17.8 Å². The summed E-state index contributed by atoms with van der Waals surface area (Å²) in [4.78, 5) is 6.32. The molecule has 0 bridgehead atoms. The van der Waals surface area contributed by atoms with Crippen molar-refractivity contribution in [3.8, 4) is 11.6 Å². The van der Waals surface area contributed by atoms with Crippen molar-refractivity contribution in [1.82, 2.24) is 9.88 Å². The fourth-order valence-electron chi connectivity index (χ4n) is 2.74. The van der Waals surface area contributed by atoms with E-state index in [2.05, 4.69) is 23.1 Å². The van der Waals surface area contributed by atoms with Gasteiger partial charge in [0, 0.05) is 30.4 Å². The molecule has 1 aliphatic heterocycles. The van der Waals surface area contributed by atoms with E-state index in [9.17, 15) is 5.21 Å². The Labute approximate surface area is 139 Å². The molecule has 120 valence electrons. The number of hydrogen-bond acceptors (Lipinski definition) is 4. The van der Waals surface area contributed by atoms with Crippen LogP contribution in [0.1, 0.15) is 12.5 Å². The number of fused-ring (bicyclic) bond motifs is 1. The number of nitrogens with zero attached hydrogens (tertiary/aromatic N) is 3. The number of aromatic nitrogens is 1. The SMILES string of the molecule is CC1CN1/C(=N\O)c1ccc(Oc2ccc3ccccc3c2)nc1. The molecular weight excluding hydrogens is 302 g/mol. The number of amidine groups is 1. The predicted molar refractivity (Wildman–Crippen MR) is 92.8 cm³/mol. The van der Waals surface area contributed by atoms with Crippen LogP contribution < -0.4 is 4.74 Å². The normalized spacial score (nSPS) is 17.1. The Hall–Kier alpha value is -3.08. The van der Waals surface area contributed by atoms with Crippen LogP contribution in [0.4, 0.5) is 0 Å². The van der Waals surface area contributed by atoms with Gasteiger partial charge in [-0.1, -0.05) is 35.5 Å². The first-order chi connectivity index (χ1) is 11.7. The van der Waals surface area contributed by atoms with Gasteiger partial charge >= 0.3 is 0 Å². The average Bonchev–Trinajstić information content (AvgIpc) is 3.33. The number of benzene rings is 2. The first-order valence-corrected chi connectivity index (χ1v) is 7.86. The second-order valence-corrected chi connectivity index (χ2v) is 5.92. The predicted octanol–water partition coefficient (Wildman–Crippen LogP) is 3.87. The Morgan fingerprint density at radius 3 is 2.62 bits per heavy atom. The Morgan fingerprint density at radius 1 is 1.17 bits per heavy atom. The van der Waals surface area contributed by atoms with E-state index >= 15 is 0 Å². The molecule has 5 heteroatoms. The van der Waals surface area contributed by atoms with Crippen LogP contribution in [0, 0.1) is 0 Å². The van der Waals surface area contributed by atoms with E-state index < -0.39 is 0 Å². The maximum atomic E-state index is 9.20. The number of rotatable bonds is 3. The third-order valence-electron chi connectivity index (χ3n) is 4.16. The van der Waals surface area contributed by atoms with E-state index in [1.165, 1.54) is 5.39 Å². The van der Waals surface area contributed by atoms with Gasteiger partial charge in [-0.15, -0.1) is 0 Å². The van der Waals surface area contributed by atoms with Gasteiger partial charge in [-0.3, -0.25) is 0 Å². The van der Waals surface area contributed by atoms with Crippen LogP contribution in [0.2, 0.25) is 0 Å². The summed E-state index contributed by atoms with van der Waals surface area (Å²) in [5.74, 6) is 1.79. The van der Waals surface area contributed by atoms with Crippen LogP contribution in [0.5, 0.6) is 11.6 Å². The van der Waals surface area contributed by atoms with Crippen molar-refractivity contribution < 1.29 is 9.94 Å². The summed E-state index contributed by atoms with van der Waals surface area (Å²) in [5, 5.41) is 14.9. The zero-order valence-electron chi connectivity index (χ0n) is 13.3. The quantitative estimate of drug-likeness (QED) is 0.262. The molecule has 1 atom stereocenters. The summed E-state index contributed by atoms with van der Waals surface area (Å²) in [5.41, 5.74) is 0.771. The minimum Gasteiger partial charge on any atom is -0.439 e. The van der Waals surface area contributed by atoms with Gasteiger partial charge in [0.1, 0.15) is 5.75 Å². The number of oxime groups is 1. The summed E-state index contributed by atoms with van der Waals surface area (Å²) in [6.45, 7) is 2.98. The molecule has 0 spiro atoms. The second kappa shape index (κ2) is 5.85. The third-order valence-corrected chi connectivity index (χ3v) is 4.16. The summed E-state index contributed by atoms with van der Waals surface area (Å²) < 4.78 is 5.82. The molecule has 1 aromatic heterocycles. The minimum atomic E-state index is 0.407. The topological polar surface area (TPSA) is 57.7 Å². The van der Waals surface area contributed by atoms with Gasteiger partial charge in [-0.05, 0) is 35.9 Å². The summed E-state index contributed by atoms with van der Waals surface area (Å²) in [6.07, 6.45) is 1.66. The fraction of sp³-hybridized carbons (Fsp3) is 0.158. The fourth-order valence-corrected chi connectivity index (χ4v) is 2.74. The van der Waals surface area contributed by atoms with E-state index in [1.54, 1.807) is 12.3 Å². The van der Waals surface area contributed by atoms with Crippen LogP contribution >= 0.6 is 0 Å². The van der Waals surface area contributed by atoms with Gasteiger partial charge in [-0.25, -0.2) is 4.98 Å². The van der Waals surface area contributed by atoms with E-state index in [-0.39, 0.29) is 0 Å². The molecule has 0 amide bonds. The van der Waals surface area contributed by atoms with Crippen LogP contribution in [0.3, 0.4) is 0 Å². The van der Waals surface area contributed by atoms with Crippen molar-refractivity contribution in [2.24, 2.45) is 5.16 Å². The van der Waals surface area contributed by atoms with Crippen LogP contribution in [-0.2, 0) is 0 Å².